The second kappa shape index (κ2) is 5.90. The van der Waals surface area contributed by atoms with Crippen molar-refractivity contribution in [1.82, 2.24) is 9.88 Å². The molecular weight excluding hydrogens is 295 g/mol. The van der Waals surface area contributed by atoms with E-state index in [4.69, 9.17) is 23.2 Å². The van der Waals surface area contributed by atoms with Crippen LogP contribution >= 0.6 is 23.2 Å². The summed E-state index contributed by atoms with van der Waals surface area (Å²) in [5.41, 5.74) is 3.93. The lowest BCUT2D eigenvalue weighted by molar-refractivity contribution is 0.0951. The Labute approximate surface area is 128 Å². The second-order valence-electron chi connectivity index (χ2n) is 4.77. The lowest BCUT2D eigenvalue weighted by atomic mass is 10.2. The van der Waals surface area contributed by atoms with Crippen LogP contribution in [0, 0.1) is 13.8 Å². The molecule has 0 radical (unpaired) electrons. The third-order valence-corrected chi connectivity index (χ3v) is 4.24. The van der Waals surface area contributed by atoms with Gasteiger partial charge in [0, 0.05) is 30.5 Å². The number of halogens is 2. The van der Waals surface area contributed by atoms with Gasteiger partial charge in [-0.3, -0.25) is 4.79 Å². The van der Waals surface area contributed by atoms with Crippen molar-refractivity contribution in [2.24, 2.45) is 7.05 Å². The average Bonchev–Trinajstić information content (AvgIpc) is 2.66. The zero-order valence-corrected chi connectivity index (χ0v) is 13.1. The van der Waals surface area contributed by atoms with Crippen LogP contribution in [0.5, 0.6) is 0 Å². The summed E-state index contributed by atoms with van der Waals surface area (Å²) in [6.07, 6.45) is 0. The molecule has 0 saturated carbocycles. The number of rotatable bonds is 3. The molecule has 0 saturated heterocycles. The minimum absolute atomic E-state index is 0.163. The molecular formula is C15H16Cl2N2O. The van der Waals surface area contributed by atoms with Gasteiger partial charge in [-0.2, -0.15) is 0 Å². The number of aryl methyl sites for hydroxylation is 1. The summed E-state index contributed by atoms with van der Waals surface area (Å²) in [6.45, 7) is 4.57. The minimum Gasteiger partial charge on any atom is -0.352 e. The smallest absolute Gasteiger partial charge is 0.251 e. The molecule has 5 heteroatoms. The molecule has 0 aliphatic heterocycles. The van der Waals surface area contributed by atoms with Gasteiger partial charge < -0.3 is 9.88 Å². The quantitative estimate of drug-likeness (QED) is 0.917. The topological polar surface area (TPSA) is 34.0 Å². The van der Waals surface area contributed by atoms with E-state index in [2.05, 4.69) is 16.0 Å². The number of carbonyl (C=O) groups is 1. The molecule has 0 unspecified atom stereocenters. The van der Waals surface area contributed by atoms with E-state index in [1.807, 2.05) is 20.9 Å². The highest BCUT2D eigenvalue weighted by Crippen LogP contribution is 2.22. The fraction of sp³-hybridized carbons (Fsp3) is 0.267. The van der Waals surface area contributed by atoms with Crippen molar-refractivity contribution in [1.29, 1.82) is 0 Å². The van der Waals surface area contributed by atoms with Gasteiger partial charge in [0.05, 0.1) is 10.0 Å². The molecule has 2 rings (SSSR count). The van der Waals surface area contributed by atoms with Crippen LogP contribution in [0.2, 0.25) is 10.0 Å². The monoisotopic (exact) mass is 310 g/mol. The van der Waals surface area contributed by atoms with Crippen molar-refractivity contribution in [3.05, 3.63) is 56.8 Å². The molecule has 0 bridgehead atoms. The number of carbonyl (C=O) groups excluding carboxylic acids is 1. The number of aromatic nitrogens is 1. The highest BCUT2D eigenvalue weighted by molar-refractivity contribution is 6.42. The van der Waals surface area contributed by atoms with E-state index in [9.17, 15) is 4.79 Å². The van der Waals surface area contributed by atoms with Crippen molar-refractivity contribution in [2.75, 3.05) is 0 Å². The Morgan fingerprint density at radius 1 is 1.20 bits per heavy atom. The molecule has 106 valence electrons. The van der Waals surface area contributed by atoms with E-state index in [0.717, 1.165) is 11.3 Å². The molecule has 0 aliphatic carbocycles. The van der Waals surface area contributed by atoms with Gasteiger partial charge >= 0.3 is 0 Å². The standard InChI is InChI=1S/C15H16Cl2N2O/c1-9-6-12(10(2)19(9)3)8-18-15(20)11-4-5-13(16)14(17)7-11/h4-7H,8H2,1-3H3,(H,18,20). The Kier molecular flexibility index (Phi) is 4.41. The molecule has 1 amide bonds. The van der Waals surface area contributed by atoms with Crippen molar-refractivity contribution >= 4 is 29.1 Å². The zero-order chi connectivity index (χ0) is 14.9. The van der Waals surface area contributed by atoms with E-state index < -0.39 is 0 Å². The maximum atomic E-state index is 12.1. The van der Waals surface area contributed by atoms with E-state index in [1.165, 1.54) is 5.69 Å². The first kappa shape index (κ1) is 14.9. The summed E-state index contributed by atoms with van der Waals surface area (Å²) < 4.78 is 2.10. The van der Waals surface area contributed by atoms with Crippen LogP contribution in [0.25, 0.3) is 0 Å². The summed E-state index contributed by atoms with van der Waals surface area (Å²) in [4.78, 5) is 12.1. The summed E-state index contributed by atoms with van der Waals surface area (Å²) >= 11 is 11.7. The third kappa shape index (κ3) is 3.00. The number of benzene rings is 1. The largest absolute Gasteiger partial charge is 0.352 e. The maximum absolute atomic E-state index is 12.1. The molecule has 0 spiro atoms. The Bertz CT molecular complexity index is 662. The van der Waals surface area contributed by atoms with Gasteiger partial charge in [0.15, 0.2) is 0 Å². The fourth-order valence-corrected chi connectivity index (χ4v) is 2.33. The second-order valence-corrected chi connectivity index (χ2v) is 5.58. The van der Waals surface area contributed by atoms with Gasteiger partial charge in [-0.05, 0) is 43.7 Å². The maximum Gasteiger partial charge on any atom is 0.251 e. The van der Waals surface area contributed by atoms with E-state index >= 15 is 0 Å². The number of amides is 1. The molecule has 1 aromatic carbocycles. The van der Waals surface area contributed by atoms with Crippen LogP contribution in [0.3, 0.4) is 0 Å². The Morgan fingerprint density at radius 2 is 1.90 bits per heavy atom. The van der Waals surface area contributed by atoms with E-state index in [0.29, 0.717) is 22.2 Å². The minimum atomic E-state index is -0.163. The lowest BCUT2D eigenvalue weighted by Crippen LogP contribution is -2.23. The van der Waals surface area contributed by atoms with Gasteiger partial charge in [-0.25, -0.2) is 0 Å². The highest BCUT2D eigenvalue weighted by atomic mass is 35.5. The Hall–Kier alpha value is -1.45. The van der Waals surface area contributed by atoms with Crippen LogP contribution in [0.1, 0.15) is 27.3 Å². The van der Waals surface area contributed by atoms with Crippen LogP contribution in [0.4, 0.5) is 0 Å². The van der Waals surface area contributed by atoms with Crippen LogP contribution in [-0.2, 0) is 13.6 Å². The third-order valence-electron chi connectivity index (χ3n) is 3.50. The number of nitrogens with zero attached hydrogens (tertiary/aromatic N) is 1. The first-order valence-corrected chi connectivity index (χ1v) is 7.00. The predicted octanol–water partition coefficient (Wildman–Crippen LogP) is 3.88. The fourth-order valence-electron chi connectivity index (χ4n) is 2.03. The van der Waals surface area contributed by atoms with Crippen molar-refractivity contribution in [3.63, 3.8) is 0 Å². The molecule has 20 heavy (non-hydrogen) atoms. The van der Waals surface area contributed by atoms with Gasteiger partial charge in [0.2, 0.25) is 0 Å². The average molecular weight is 311 g/mol. The van der Waals surface area contributed by atoms with E-state index in [-0.39, 0.29) is 5.91 Å². The van der Waals surface area contributed by atoms with Crippen LogP contribution in [0.15, 0.2) is 24.3 Å². The Morgan fingerprint density at radius 3 is 2.45 bits per heavy atom. The molecule has 2 aromatic rings. The summed E-state index contributed by atoms with van der Waals surface area (Å²) in [5, 5.41) is 3.71. The molecule has 1 aromatic heterocycles. The van der Waals surface area contributed by atoms with Crippen molar-refractivity contribution < 1.29 is 4.79 Å². The molecule has 0 atom stereocenters. The summed E-state index contributed by atoms with van der Waals surface area (Å²) in [5.74, 6) is -0.163. The molecule has 1 heterocycles. The SMILES string of the molecule is Cc1cc(CNC(=O)c2ccc(Cl)c(Cl)c2)c(C)n1C. The lowest BCUT2D eigenvalue weighted by Gasteiger charge is -2.07. The van der Waals surface area contributed by atoms with Crippen molar-refractivity contribution in [2.45, 2.75) is 20.4 Å². The Balaban J connectivity index is 2.08. The van der Waals surface area contributed by atoms with Gasteiger partial charge in [0.1, 0.15) is 0 Å². The number of hydrogen-bond donors (Lipinski definition) is 1. The number of nitrogens with one attached hydrogen (secondary N) is 1. The zero-order valence-electron chi connectivity index (χ0n) is 11.6. The van der Waals surface area contributed by atoms with Gasteiger partial charge in [-0.1, -0.05) is 23.2 Å². The predicted molar refractivity (Wildman–Crippen MR) is 82.5 cm³/mol. The van der Waals surface area contributed by atoms with Gasteiger partial charge in [0.25, 0.3) is 5.91 Å². The van der Waals surface area contributed by atoms with Gasteiger partial charge in [-0.15, -0.1) is 0 Å². The molecule has 0 aliphatic rings. The normalized spacial score (nSPS) is 10.7. The van der Waals surface area contributed by atoms with Crippen LogP contribution < -0.4 is 5.32 Å². The molecule has 1 N–H and O–H groups in total. The first-order chi connectivity index (χ1) is 9.40. The highest BCUT2D eigenvalue weighted by Gasteiger charge is 2.10. The van der Waals surface area contributed by atoms with Crippen LogP contribution in [-0.4, -0.2) is 10.5 Å². The number of hydrogen-bond acceptors (Lipinski definition) is 1. The summed E-state index contributed by atoms with van der Waals surface area (Å²) in [6, 6.07) is 6.93. The first-order valence-electron chi connectivity index (χ1n) is 6.25. The molecule has 3 nitrogen and oxygen atoms in total. The van der Waals surface area contributed by atoms with E-state index in [1.54, 1.807) is 18.2 Å². The summed E-state index contributed by atoms with van der Waals surface area (Å²) in [7, 11) is 2.01. The molecule has 0 fully saturated rings. The van der Waals surface area contributed by atoms with Crippen molar-refractivity contribution in [3.8, 4) is 0 Å².